The summed E-state index contributed by atoms with van der Waals surface area (Å²) in [7, 11) is 3.10. The van der Waals surface area contributed by atoms with Gasteiger partial charge in [-0.1, -0.05) is 42.5 Å². The normalized spacial score (nSPS) is 18.4. The SMILES string of the molecule is COC1(OC)C=CC(C(=O)C(O)c2ccccc2)=CC1. The smallest absolute Gasteiger partial charge is 0.195 e. The zero-order chi connectivity index (χ0) is 14.6. The Kier molecular flexibility index (Phi) is 4.49. The van der Waals surface area contributed by atoms with E-state index in [0.717, 1.165) is 0 Å². The van der Waals surface area contributed by atoms with E-state index in [1.165, 1.54) is 0 Å². The van der Waals surface area contributed by atoms with Gasteiger partial charge in [0, 0.05) is 26.2 Å². The van der Waals surface area contributed by atoms with Gasteiger partial charge in [0.15, 0.2) is 11.6 Å². The summed E-state index contributed by atoms with van der Waals surface area (Å²) in [5.41, 5.74) is 1.05. The lowest BCUT2D eigenvalue weighted by atomic mass is 9.94. The molecule has 4 nitrogen and oxygen atoms in total. The fraction of sp³-hybridized carbons (Fsp3) is 0.312. The van der Waals surface area contributed by atoms with Gasteiger partial charge in [0.1, 0.15) is 6.10 Å². The van der Waals surface area contributed by atoms with Crippen LogP contribution in [0.4, 0.5) is 0 Å². The highest BCUT2D eigenvalue weighted by Crippen LogP contribution is 2.27. The number of rotatable bonds is 5. The van der Waals surface area contributed by atoms with Gasteiger partial charge in [0.2, 0.25) is 0 Å². The molecule has 0 heterocycles. The summed E-state index contributed by atoms with van der Waals surface area (Å²) in [6, 6.07) is 8.87. The zero-order valence-electron chi connectivity index (χ0n) is 11.6. The highest BCUT2D eigenvalue weighted by molar-refractivity contribution is 6.01. The van der Waals surface area contributed by atoms with Crippen molar-refractivity contribution in [3.05, 3.63) is 59.7 Å². The number of aliphatic hydroxyl groups is 1. The lowest BCUT2D eigenvalue weighted by molar-refractivity contribution is -0.168. The van der Waals surface area contributed by atoms with E-state index in [2.05, 4.69) is 0 Å². The van der Waals surface area contributed by atoms with Crippen LogP contribution in [0.3, 0.4) is 0 Å². The number of ketones is 1. The maximum absolute atomic E-state index is 12.2. The van der Waals surface area contributed by atoms with Gasteiger partial charge in [-0.05, 0) is 11.6 Å². The minimum absolute atomic E-state index is 0.326. The van der Waals surface area contributed by atoms with E-state index in [1.807, 2.05) is 6.07 Å². The minimum Gasteiger partial charge on any atom is -0.380 e. The number of hydrogen-bond donors (Lipinski definition) is 1. The third kappa shape index (κ3) is 2.88. The molecule has 0 spiro atoms. The van der Waals surface area contributed by atoms with Crippen molar-refractivity contribution in [3.63, 3.8) is 0 Å². The average molecular weight is 274 g/mol. The second-order valence-corrected chi connectivity index (χ2v) is 4.59. The average Bonchev–Trinajstić information content (AvgIpc) is 2.54. The summed E-state index contributed by atoms with van der Waals surface area (Å²) in [4.78, 5) is 12.2. The molecule has 1 aromatic rings. The van der Waals surface area contributed by atoms with Crippen LogP contribution in [0.15, 0.2) is 54.1 Å². The van der Waals surface area contributed by atoms with Crippen LogP contribution in [-0.4, -0.2) is 30.9 Å². The fourth-order valence-electron chi connectivity index (χ4n) is 2.12. The third-order valence-electron chi connectivity index (χ3n) is 3.46. The van der Waals surface area contributed by atoms with Crippen LogP contribution in [0.2, 0.25) is 0 Å². The monoisotopic (exact) mass is 274 g/mol. The van der Waals surface area contributed by atoms with Gasteiger partial charge < -0.3 is 14.6 Å². The first-order chi connectivity index (χ1) is 9.62. The van der Waals surface area contributed by atoms with Crippen LogP contribution in [0, 0.1) is 0 Å². The van der Waals surface area contributed by atoms with Crippen molar-refractivity contribution >= 4 is 5.78 Å². The molecular weight excluding hydrogens is 256 g/mol. The van der Waals surface area contributed by atoms with Gasteiger partial charge in [0.25, 0.3) is 0 Å². The standard InChI is InChI=1S/C16H18O4/c1-19-16(20-2)10-8-13(9-11-16)15(18)14(17)12-6-4-3-5-7-12/h3-10,14,17H,11H2,1-2H3. The van der Waals surface area contributed by atoms with Crippen LogP contribution >= 0.6 is 0 Å². The summed E-state index contributed by atoms with van der Waals surface area (Å²) in [5, 5.41) is 10.1. The number of benzene rings is 1. The first-order valence-electron chi connectivity index (χ1n) is 6.39. The quantitative estimate of drug-likeness (QED) is 0.836. The molecule has 1 aliphatic rings. The Labute approximate surface area is 118 Å². The van der Waals surface area contributed by atoms with Crippen molar-refractivity contribution < 1.29 is 19.4 Å². The number of hydrogen-bond acceptors (Lipinski definition) is 4. The fourth-order valence-corrected chi connectivity index (χ4v) is 2.12. The number of ether oxygens (including phenoxy) is 2. The van der Waals surface area contributed by atoms with Crippen LogP contribution in [0.1, 0.15) is 18.1 Å². The van der Waals surface area contributed by atoms with Crippen molar-refractivity contribution in [1.82, 2.24) is 0 Å². The van der Waals surface area contributed by atoms with E-state index in [-0.39, 0.29) is 5.78 Å². The van der Waals surface area contributed by atoms with Crippen LogP contribution in [-0.2, 0) is 14.3 Å². The molecule has 2 rings (SSSR count). The third-order valence-corrected chi connectivity index (χ3v) is 3.46. The Morgan fingerprint density at radius 2 is 1.90 bits per heavy atom. The Bertz CT molecular complexity index is 527. The molecule has 0 bridgehead atoms. The minimum atomic E-state index is -1.15. The molecule has 0 radical (unpaired) electrons. The second kappa shape index (κ2) is 6.13. The largest absolute Gasteiger partial charge is 0.380 e. The number of allylic oxidation sites excluding steroid dienone is 1. The van der Waals surface area contributed by atoms with E-state index in [0.29, 0.717) is 17.6 Å². The molecule has 1 atom stereocenters. The summed E-state index contributed by atoms with van der Waals surface area (Å²) < 4.78 is 10.5. The molecule has 0 aliphatic heterocycles. The molecule has 0 saturated heterocycles. The first-order valence-corrected chi connectivity index (χ1v) is 6.39. The van der Waals surface area contributed by atoms with Gasteiger partial charge in [-0.2, -0.15) is 0 Å². The topological polar surface area (TPSA) is 55.8 Å². The summed E-state index contributed by atoms with van der Waals surface area (Å²) >= 11 is 0. The van der Waals surface area contributed by atoms with E-state index >= 15 is 0 Å². The highest BCUT2D eigenvalue weighted by atomic mass is 16.7. The molecule has 0 aromatic heterocycles. The lowest BCUT2D eigenvalue weighted by Gasteiger charge is -2.29. The van der Waals surface area contributed by atoms with E-state index in [9.17, 15) is 9.90 Å². The summed E-state index contributed by atoms with van der Waals surface area (Å²) in [5.74, 6) is -1.14. The predicted octanol–water partition coefficient (Wildman–Crippen LogP) is 2.16. The zero-order valence-corrected chi connectivity index (χ0v) is 11.6. The summed E-state index contributed by atoms with van der Waals surface area (Å²) in [6.07, 6.45) is 4.33. The van der Waals surface area contributed by atoms with Crippen molar-refractivity contribution in [2.45, 2.75) is 18.3 Å². The van der Waals surface area contributed by atoms with Crippen molar-refractivity contribution in [2.24, 2.45) is 0 Å². The van der Waals surface area contributed by atoms with E-state index < -0.39 is 11.9 Å². The summed E-state index contributed by atoms with van der Waals surface area (Å²) in [6.45, 7) is 0. The van der Waals surface area contributed by atoms with Gasteiger partial charge in [-0.25, -0.2) is 0 Å². The van der Waals surface area contributed by atoms with E-state index in [4.69, 9.17) is 9.47 Å². The van der Waals surface area contributed by atoms with Crippen molar-refractivity contribution in [3.8, 4) is 0 Å². The molecule has 1 unspecified atom stereocenters. The molecule has 1 aliphatic carbocycles. The Hall–Kier alpha value is -1.75. The molecule has 0 amide bonds. The van der Waals surface area contributed by atoms with Crippen LogP contribution in [0.5, 0.6) is 0 Å². The number of aliphatic hydroxyl groups excluding tert-OH is 1. The maximum atomic E-state index is 12.2. The van der Waals surface area contributed by atoms with Crippen molar-refractivity contribution in [2.75, 3.05) is 14.2 Å². The van der Waals surface area contributed by atoms with Gasteiger partial charge in [0.05, 0.1) is 0 Å². The lowest BCUT2D eigenvalue weighted by Crippen LogP contribution is -2.32. The predicted molar refractivity (Wildman–Crippen MR) is 75.0 cm³/mol. The molecule has 4 heteroatoms. The molecule has 106 valence electrons. The molecule has 0 fully saturated rings. The maximum Gasteiger partial charge on any atom is 0.195 e. The second-order valence-electron chi connectivity index (χ2n) is 4.59. The Balaban J connectivity index is 2.13. The first kappa shape index (κ1) is 14.7. The highest BCUT2D eigenvalue weighted by Gasteiger charge is 2.30. The van der Waals surface area contributed by atoms with Gasteiger partial charge in [-0.3, -0.25) is 4.79 Å². The van der Waals surface area contributed by atoms with Gasteiger partial charge in [-0.15, -0.1) is 0 Å². The van der Waals surface area contributed by atoms with Crippen molar-refractivity contribution in [1.29, 1.82) is 0 Å². The Morgan fingerprint density at radius 1 is 1.25 bits per heavy atom. The van der Waals surface area contributed by atoms with Crippen LogP contribution < -0.4 is 0 Å². The molecular formula is C16H18O4. The number of methoxy groups -OCH3 is 2. The van der Waals surface area contributed by atoms with Crippen LogP contribution in [0.25, 0.3) is 0 Å². The molecule has 0 saturated carbocycles. The van der Waals surface area contributed by atoms with Gasteiger partial charge >= 0.3 is 0 Å². The Morgan fingerprint density at radius 3 is 2.40 bits per heavy atom. The molecule has 1 N–H and O–H groups in total. The molecule has 1 aromatic carbocycles. The van der Waals surface area contributed by atoms with E-state index in [1.54, 1.807) is 56.7 Å². The number of carbonyl (C=O) groups is 1. The number of carbonyl (C=O) groups excluding carboxylic acids is 1. The molecule has 20 heavy (non-hydrogen) atoms. The number of Topliss-reactive ketones (excluding diaryl/α,β-unsaturated/α-hetero) is 1.